The van der Waals surface area contributed by atoms with Crippen LogP contribution >= 0.6 is 11.8 Å². The molecule has 0 aliphatic carbocycles. The molecule has 0 aromatic heterocycles. The van der Waals surface area contributed by atoms with Gasteiger partial charge in [-0.25, -0.2) is 0 Å². The molecule has 2 nitrogen and oxygen atoms in total. The molecule has 3 heteroatoms. The van der Waals surface area contributed by atoms with Gasteiger partial charge < -0.3 is 10.1 Å². The lowest BCUT2D eigenvalue weighted by atomic mass is 10.1. The van der Waals surface area contributed by atoms with Crippen LogP contribution in [0.5, 0.6) is 5.75 Å². The third-order valence-electron chi connectivity index (χ3n) is 3.25. The zero-order chi connectivity index (χ0) is 10.8. The number of benzene rings is 1. The summed E-state index contributed by atoms with van der Waals surface area (Å²) in [6, 6.07) is 6.41. The third-order valence-corrected chi connectivity index (χ3v) is 4.61. The van der Waals surface area contributed by atoms with E-state index >= 15 is 0 Å². The molecule has 2 aliphatic heterocycles. The van der Waals surface area contributed by atoms with Crippen molar-refractivity contribution >= 4 is 17.4 Å². The molecule has 0 radical (unpaired) electrons. The van der Waals surface area contributed by atoms with Crippen molar-refractivity contribution in [3.8, 4) is 5.75 Å². The predicted octanol–water partition coefficient (Wildman–Crippen LogP) is 2.93. The average Bonchev–Trinajstić information content (AvgIpc) is 2.97. The number of rotatable bonds is 3. The van der Waals surface area contributed by atoms with Gasteiger partial charge in [-0.15, -0.1) is 0 Å². The molecule has 0 spiro atoms. The van der Waals surface area contributed by atoms with Crippen LogP contribution in [-0.4, -0.2) is 24.2 Å². The molecule has 2 heterocycles. The molecular formula is C13H17NOS. The maximum absolute atomic E-state index is 5.87. The molecule has 1 N–H and O–H groups in total. The van der Waals surface area contributed by atoms with Crippen LogP contribution in [0.1, 0.15) is 18.4 Å². The number of ether oxygens (including phenoxy) is 1. The number of hydrogen-bond acceptors (Lipinski definition) is 3. The Morgan fingerprint density at radius 2 is 2.44 bits per heavy atom. The second kappa shape index (κ2) is 4.58. The van der Waals surface area contributed by atoms with E-state index in [1.165, 1.54) is 29.8 Å². The van der Waals surface area contributed by atoms with E-state index in [0.717, 1.165) is 25.3 Å². The SMILES string of the molecule is c1cc2c(cc1OCC1CCCS1)CCN2. The molecule has 1 aromatic rings. The summed E-state index contributed by atoms with van der Waals surface area (Å²) in [7, 11) is 0. The molecular weight excluding hydrogens is 218 g/mol. The largest absolute Gasteiger partial charge is 0.492 e. The Balaban J connectivity index is 1.61. The highest BCUT2D eigenvalue weighted by atomic mass is 32.2. The molecule has 1 aromatic carbocycles. The fourth-order valence-electron chi connectivity index (χ4n) is 2.34. The standard InChI is InChI=1S/C13H17NOS/c1-2-12(16-7-1)9-15-11-3-4-13-10(8-11)5-6-14-13/h3-4,8,12,14H,1-2,5-7,9H2. The minimum atomic E-state index is 0.714. The Morgan fingerprint density at radius 3 is 3.31 bits per heavy atom. The van der Waals surface area contributed by atoms with E-state index in [0.29, 0.717) is 5.25 Å². The van der Waals surface area contributed by atoms with Crippen LogP contribution in [-0.2, 0) is 6.42 Å². The zero-order valence-corrected chi connectivity index (χ0v) is 10.2. The fourth-order valence-corrected chi connectivity index (χ4v) is 3.50. The minimum absolute atomic E-state index is 0.714. The normalized spacial score (nSPS) is 22.9. The highest BCUT2D eigenvalue weighted by Gasteiger charge is 2.16. The van der Waals surface area contributed by atoms with E-state index in [1.54, 1.807) is 0 Å². The highest BCUT2D eigenvalue weighted by Crippen LogP contribution is 2.29. The van der Waals surface area contributed by atoms with Gasteiger partial charge in [0.15, 0.2) is 0 Å². The van der Waals surface area contributed by atoms with Gasteiger partial charge in [0.2, 0.25) is 0 Å². The van der Waals surface area contributed by atoms with Crippen molar-refractivity contribution in [1.82, 2.24) is 0 Å². The van der Waals surface area contributed by atoms with Gasteiger partial charge in [-0.3, -0.25) is 0 Å². The van der Waals surface area contributed by atoms with Crippen LogP contribution in [0, 0.1) is 0 Å². The van der Waals surface area contributed by atoms with E-state index in [9.17, 15) is 0 Å². The highest BCUT2D eigenvalue weighted by molar-refractivity contribution is 8.00. The van der Waals surface area contributed by atoms with Gasteiger partial charge in [0.25, 0.3) is 0 Å². The molecule has 1 atom stereocenters. The van der Waals surface area contributed by atoms with Crippen molar-refractivity contribution in [2.24, 2.45) is 0 Å². The summed E-state index contributed by atoms with van der Waals surface area (Å²) in [5, 5.41) is 4.08. The first-order chi connectivity index (χ1) is 7.92. The summed E-state index contributed by atoms with van der Waals surface area (Å²) in [5.74, 6) is 2.34. The lowest BCUT2D eigenvalue weighted by Crippen LogP contribution is -2.10. The van der Waals surface area contributed by atoms with Crippen LogP contribution in [0.3, 0.4) is 0 Å². The Morgan fingerprint density at radius 1 is 1.44 bits per heavy atom. The van der Waals surface area contributed by atoms with E-state index in [1.807, 2.05) is 11.8 Å². The molecule has 1 unspecified atom stereocenters. The molecule has 86 valence electrons. The van der Waals surface area contributed by atoms with Crippen molar-refractivity contribution in [1.29, 1.82) is 0 Å². The van der Waals surface area contributed by atoms with Gasteiger partial charge in [-0.05, 0) is 48.8 Å². The second-order valence-corrected chi connectivity index (χ2v) is 5.85. The van der Waals surface area contributed by atoms with Gasteiger partial charge in [-0.1, -0.05) is 0 Å². The van der Waals surface area contributed by atoms with Crippen molar-refractivity contribution in [3.63, 3.8) is 0 Å². The van der Waals surface area contributed by atoms with E-state index in [-0.39, 0.29) is 0 Å². The Bertz CT molecular complexity index is 374. The summed E-state index contributed by atoms with van der Waals surface area (Å²) >= 11 is 2.05. The van der Waals surface area contributed by atoms with Gasteiger partial charge in [0.1, 0.15) is 12.4 Å². The fraction of sp³-hybridized carbons (Fsp3) is 0.538. The van der Waals surface area contributed by atoms with E-state index in [4.69, 9.17) is 4.74 Å². The lowest BCUT2D eigenvalue weighted by Gasteiger charge is -2.11. The summed E-state index contributed by atoms with van der Waals surface area (Å²) in [5.41, 5.74) is 2.68. The summed E-state index contributed by atoms with van der Waals surface area (Å²) in [4.78, 5) is 0. The quantitative estimate of drug-likeness (QED) is 0.870. The molecule has 16 heavy (non-hydrogen) atoms. The molecule has 3 rings (SSSR count). The predicted molar refractivity (Wildman–Crippen MR) is 69.6 cm³/mol. The molecule has 0 saturated carbocycles. The summed E-state index contributed by atoms with van der Waals surface area (Å²) < 4.78 is 5.87. The van der Waals surface area contributed by atoms with Crippen LogP contribution in [0.4, 0.5) is 5.69 Å². The van der Waals surface area contributed by atoms with Crippen LogP contribution in [0.15, 0.2) is 18.2 Å². The topological polar surface area (TPSA) is 21.3 Å². The Kier molecular flexibility index (Phi) is 2.96. The average molecular weight is 235 g/mol. The van der Waals surface area contributed by atoms with E-state index in [2.05, 4.69) is 23.5 Å². The number of anilines is 1. The summed E-state index contributed by atoms with van der Waals surface area (Å²) in [6.07, 6.45) is 3.80. The number of thioether (sulfide) groups is 1. The number of hydrogen-bond donors (Lipinski definition) is 1. The first-order valence-corrected chi connectivity index (χ1v) is 7.08. The van der Waals surface area contributed by atoms with Gasteiger partial charge in [0.05, 0.1) is 0 Å². The molecule has 0 bridgehead atoms. The monoisotopic (exact) mass is 235 g/mol. The van der Waals surface area contributed by atoms with Crippen molar-refractivity contribution in [2.75, 3.05) is 24.2 Å². The van der Waals surface area contributed by atoms with Crippen LogP contribution in [0.25, 0.3) is 0 Å². The Labute approximate surface area is 101 Å². The van der Waals surface area contributed by atoms with Crippen LogP contribution < -0.4 is 10.1 Å². The first-order valence-electron chi connectivity index (χ1n) is 6.03. The van der Waals surface area contributed by atoms with Crippen LogP contribution in [0.2, 0.25) is 0 Å². The smallest absolute Gasteiger partial charge is 0.119 e. The maximum atomic E-state index is 5.87. The summed E-state index contributed by atoms with van der Waals surface area (Å²) in [6.45, 7) is 1.94. The van der Waals surface area contributed by atoms with Crippen molar-refractivity contribution in [2.45, 2.75) is 24.5 Å². The molecule has 2 aliphatic rings. The zero-order valence-electron chi connectivity index (χ0n) is 9.37. The number of nitrogens with one attached hydrogen (secondary N) is 1. The van der Waals surface area contributed by atoms with Crippen molar-refractivity contribution < 1.29 is 4.74 Å². The van der Waals surface area contributed by atoms with Crippen molar-refractivity contribution in [3.05, 3.63) is 23.8 Å². The first kappa shape index (κ1) is 10.3. The molecule has 1 fully saturated rings. The van der Waals surface area contributed by atoms with E-state index < -0.39 is 0 Å². The lowest BCUT2D eigenvalue weighted by molar-refractivity contribution is 0.315. The maximum Gasteiger partial charge on any atom is 0.119 e. The minimum Gasteiger partial charge on any atom is -0.492 e. The Hall–Kier alpha value is -0.830. The molecule has 1 saturated heterocycles. The number of fused-ring (bicyclic) bond motifs is 1. The van der Waals surface area contributed by atoms with Gasteiger partial charge >= 0.3 is 0 Å². The van der Waals surface area contributed by atoms with Gasteiger partial charge in [-0.2, -0.15) is 11.8 Å². The van der Waals surface area contributed by atoms with Gasteiger partial charge in [0, 0.05) is 17.5 Å². The second-order valence-electron chi connectivity index (χ2n) is 4.44. The molecule has 0 amide bonds. The third kappa shape index (κ3) is 2.14.